The number of nitro groups is 1. The van der Waals surface area contributed by atoms with Gasteiger partial charge < -0.3 is 10.1 Å². The number of benzene rings is 1. The van der Waals surface area contributed by atoms with Crippen LogP contribution in [0.15, 0.2) is 18.2 Å². The predicted octanol–water partition coefficient (Wildman–Crippen LogP) is 1.18. The van der Waals surface area contributed by atoms with E-state index < -0.39 is 10.9 Å². The van der Waals surface area contributed by atoms with Crippen molar-refractivity contribution in [2.24, 2.45) is 0 Å². The predicted molar refractivity (Wildman–Crippen MR) is 89.3 cm³/mol. The third kappa shape index (κ3) is 3.49. The van der Waals surface area contributed by atoms with E-state index in [1.54, 1.807) is 13.0 Å². The molecule has 8 nitrogen and oxygen atoms in total. The van der Waals surface area contributed by atoms with Crippen molar-refractivity contribution in [3.63, 3.8) is 0 Å². The standard InChI is InChI=1S/C16H22N4O4/c1-2-24-16(21)14-9-12(3-4-15(14)20(22)23)17-10-13-11-18-5-7-19(13)8-6-18/h3-4,9,13,17H,2,5-8,10-11H2,1H3. The maximum absolute atomic E-state index is 12.0. The molecular weight excluding hydrogens is 312 g/mol. The fourth-order valence-corrected chi connectivity index (χ4v) is 3.33. The molecule has 1 aromatic rings. The highest BCUT2D eigenvalue weighted by atomic mass is 16.6. The normalized spacial score (nSPS) is 25.3. The summed E-state index contributed by atoms with van der Waals surface area (Å²) in [7, 11) is 0. The molecule has 2 bridgehead atoms. The first-order valence-electron chi connectivity index (χ1n) is 8.24. The average Bonchev–Trinajstić information content (AvgIpc) is 2.61. The van der Waals surface area contributed by atoms with Gasteiger partial charge >= 0.3 is 5.97 Å². The summed E-state index contributed by atoms with van der Waals surface area (Å²) in [6.07, 6.45) is 0. The van der Waals surface area contributed by atoms with E-state index in [1.165, 1.54) is 12.1 Å². The van der Waals surface area contributed by atoms with Gasteiger partial charge in [0.25, 0.3) is 5.69 Å². The second-order valence-electron chi connectivity index (χ2n) is 6.08. The molecule has 0 aliphatic carbocycles. The molecule has 3 saturated heterocycles. The summed E-state index contributed by atoms with van der Waals surface area (Å²) >= 11 is 0. The van der Waals surface area contributed by atoms with Gasteiger partial charge in [0.05, 0.1) is 11.5 Å². The summed E-state index contributed by atoms with van der Waals surface area (Å²) < 4.78 is 4.92. The number of nitrogens with zero attached hydrogens (tertiary/aromatic N) is 3. The molecule has 0 radical (unpaired) electrons. The number of nitro benzene ring substituents is 1. The Morgan fingerprint density at radius 2 is 2.12 bits per heavy atom. The minimum Gasteiger partial charge on any atom is -0.462 e. The molecule has 1 atom stereocenters. The number of rotatable bonds is 6. The molecule has 24 heavy (non-hydrogen) atoms. The minimum absolute atomic E-state index is 0.0129. The van der Waals surface area contributed by atoms with Crippen molar-refractivity contribution in [3.05, 3.63) is 33.9 Å². The Balaban J connectivity index is 1.70. The van der Waals surface area contributed by atoms with Gasteiger partial charge in [-0.3, -0.25) is 19.9 Å². The Bertz CT molecular complexity index is 629. The van der Waals surface area contributed by atoms with Crippen LogP contribution in [0, 0.1) is 10.1 Å². The molecule has 3 fully saturated rings. The summed E-state index contributed by atoms with van der Waals surface area (Å²) in [4.78, 5) is 27.4. The Morgan fingerprint density at radius 1 is 1.38 bits per heavy atom. The highest BCUT2D eigenvalue weighted by Gasteiger charge is 2.31. The van der Waals surface area contributed by atoms with Gasteiger partial charge in [-0.15, -0.1) is 0 Å². The van der Waals surface area contributed by atoms with E-state index in [0.29, 0.717) is 11.7 Å². The second-order valence-corrected chi connectivity index (χ2v) is 6.08. The zero-order valence-electron chi connectivity index (χ0n) is 13.7. The first-order valence-corrected chi connectivity index (χ1v) is 8.24. The Labute approximate surface area is 140 Å². The number of fused-ring (bicyclic) bond motifs is 3. The number of ether oxygens (including phenoxy) is 1. The lowest BCUT2D eigenvalue weighted by Gasteiger charge is -2.47. The van der Waals surface area contributed by atoms with Gasteiger partial charge in [0.2, 0.25) is 0 Å². The fraction of sp³-hybridized carbons (Fsp3) is 0.562. The van der Waals surface area contributed by atoms with E-state index in [4.69, 9.17) is 4.74 Å². The van der Waals surface area contributed by atoms with Crippen molar-refractivity contribution in [2.45, 2.75) is 13.0 Å². The number of hydrogen-bond donors (Lipinski definition) is 1. The van der Waals surface area contributed by atoms with Crippen LogP contribution in [0.25, 0.3) is 0 Å². The molecule has 8 heteroatoms. The van der Waals surface area contributed by atoms with Gasteiger partial charge in [0, 0.05) is 57.1 Å². The molecule has 1 N–H and O–H groups in total. The molecule has 0 aromatic heterocycles. The molecule has 0 saturated carbocycles. The fourth-order valence-electron chi connectivity index (χ4n) is 3.33. The topological polar surface area (TPSA) is 88.0 Å². The maximum atomic E-state index is 12.0. The first kappa shape index (κ1) is 16.7. The monoisotopic (exact) mass is 334 g/mol. The molecule has 0 amide bonds. The number of carbonyl (C=O) groups excluding carboxylic acids is 1. The lowest BCUT2D eigenvalue weighted by atomic mass is 10.1. The largest absolute Gasteiger partial charge is 0.462 e. The smallest absolute Gasteiger partial charge is 0.345 e. The van der Waals surface area contributed by atoms with Crippen LogP contribution >= 0.6 is 0 Å². The van der Waals surface area contributed by atoms with Gasteiger partial charge in [-0.05, 0) is 19.1 Å². The number of piperazine rings is 3. The third-order valence-electron chi connectivity index (χ3n) is 4.62. The molecule has 4 rings (SSSR count). The number of esters is 1. The number of anilines is 1. The Morgan fingerprint density at radius 3 is 2.71 bits per heavy atom. The number of carbonyl (C=O) groups is 1. The summed E-state index contributed by atoms with van der Waals surface area (Å²) in [5.41, 5.74) is 0.452. The van der Waals surface area contributed by atoms with E-state index in [9.17, 15) is 14.9 Å². The van der Waals surface area contributed by atoms with E-state index >= 15 is 0 Å². The quantitative estimate of drug-likeness (QED) is 0.475. The highest BCUT2D eigenvalue weighted by Crippen LogP contribution is 2.24. The van der Waals surface area contributed by atoms with Crippen LogP contribution in [-0.4, -0.2) is 72.6 Å². The molecular formula is C16H22N4O4. The van der Waals surface area contributed by atoms with Crippen molar-refractivity contribution < 1.29 is 14.5 Å². The van der Waals surface area contributed by atoms with Gasteiger partial charge in [-0.2, -0.15) is 0 Å². The third-order valence-corrected chi connectivity index (χ3v) is 4.62. The molecule has 3 aliphatic heterocycles. The van der Waals surface area contributed by atoms with Crippen LogP contribution in [-0.2, 0) is 4.74 Å². The van der Waals surface area contributed by atoms with Crippen LogP contribution in [0.4, 0.5) is 11.4 Å². The van der Waals surface area contributed by atoms with Gasteiger partial charge in [-0.25, -0.2) is 4.79 Å². The zero-order valence-corrected chi connectivity index (χ0v) is 13.7. The summed E-state index contributed by atoms with van der Waals surface area (Å²) in [6, 6.07) is 4.92. The first-order chi connectivity index (χ1) is 11.6. The minimum atomic E-state index is -0.667. The number of nitrogens with one attached hydrogen (secondary N) is 1. The van der Waals surface area contributed by atoms with Crippen molar-refractivity contribution in [1.82, 2.24) is 9.80 Å². The average molecular weight is 334 g/mol. The Kier molecular flexibility index (Phi) is 4.96. The van der Waals surface area contributed by atoms with Crippen LogP contribution in [0.5, 0.6) is 0 Å². The van der Waals surface area contributed by atoms with Gasteiger partial charge in [0.15, 0.2) is 0 Å². The molecule has 1 aromatic carbocycles. The van der Waals surface area contributed by atoms with Gasteiger partial charge in [0.1, 0.15) is 5.56 Å². The molecule has 1 unspecified atom stereocenters. The van der Waals surface area contributed by atoms with Gasteiger partial charge in [-0.1, -0.05) is 0 Å². The zero-order chi connectivity index (χ0) is 17.1. The second kappa shape index (κ2) is 7.14. The molecule has 3 heterocycles. The SMILES string of the molecule is CCOC(=O)c1cc(NCC2CN3CCN2CC3)ccc1[N+](=O)[O-]. The lowest BCUT2D eigenvalue weighted by molar-refractivity contribution is -0.385. The van der Waals surface area contributed by atoms with Crippen LogP contribution in [0.3, 0.4) is 0 Å². The summed E-state index contributed by atoms with van der Waals surface area (Å²) in [5, 5.41) is 14.4. The summed E-state index contributed by atoms with van der Waals surface area (Å²) in [5.74, 6) is -0.667. The van der Waals surface area contributed by atoms with E-state index in [1.807, 2.05) is 0 Å². The van der Waals surface area contributed by atoms with E-state index in [-0.39, 0.29) is 17.9 Å². The Hall–Kier alpha value is -2.19. The molecule has 3 aliphatic rings. The highest BCUT2D eigenvalue weighted by molar-refractivity contribution is 5.95. The maximum Gasteiger partial charge on any atom is 0.345 e. The van der Waals surface area contributed by atoms with E-state index in [2.05, 4.69) is 15.1 Å². The molecule has 0 spiro atoms. The van der Waals surface area contributed by atoms with Crippen LogP contribution in [0.1, 0.15) is 17.3 Å². The van der Waals surface area contributed by atoms with Crippen LogP contribution in [0.2, 0.25) is 0 Å². The van der Waals surface area contributed by atoms with Crippen molar-refractivity contribution in [3.8, 4) is 0 Å². The lowest BCUT2D eigenvalue weighted by Crippen LogP contribution is -2.62. The van der Waals surface area contributed by atoms with E-state index in [0.717, 1.165) is 39.3 Å². The molecule has 130 valence electrons. The summed E-state index contributed by atoms with van der Waals surface area (Å²) in [6.45, 7) is 8.05. The van der Waals surface area contributed by atoms with Crippen LogP contribution < -0.4 is 5.32 Å². The van der Waals surface area contributed by atoms with Crippen molar-refractivity contribution >= 4 is 17.3 Å². The number of hydrogen-bond acceptors (Lipinski definition) is 7. The van der Waals surface area contributed by atoms with Crippen molar-refractivity contribution in [2.75, 3.05) is 51.2 Å². The van der Waals surface area contributed by atoms with Crippen molar-refractivity contribution in [1.29, 1.82) is 0 Å².